The van der Waals surface area contributed by atoms with Crippen molar-refractivity contribution in [2.24, 2.45) is 0 Å². The topological polar surface area (TPSA) is 94.4 Å². The lowest BCUT2D eigenvalue weighted by atomic mass is 10.1. The molecule has 27 heavy (non-hydrogen) atoms. The average Bonchev–Trinajstić information content (AvgIpc) is 2.68. The minimum absolute atomic E-state index is 0.0582. The molecule has 2 aromatic carbocycles. The second-order valence-electron chi connectivity index (χ2n) is 5.93. The monoisotopic (exact) mass is 371 g/mol. The highest BCUT2D eigenvalue weighted by Gasteiger charge is 2.08. The van der Waals surface area contributed by atoms with E-state index in [-0.39, 0.29) is 24.8 Å². The Balaban J connectivity index is 1.57. The Morgan fingerprint density at radius 2 is 1.93 bits per heavy atom. The molecule has 3 N–H and O–H groups in total. The summed E-state index contributed by atoms with van der Waals surface area (Å²) in [6.45, 7) is 1.25. The number of ether oxygens (including phenoxy) is 1. The van der Waals surface area contributed by atoms with Crippen molar-refractivity contribution < 1.29 is 19.0 Å². The van der Waals surface area contributed by atoms with Crippen molar-refractivity contribution in [3.63, 3.8) is 0 Å². The molecule has 6 nitrogen and oxygen atoms in total. The summed E-state index contributed by atoms with van der Waals surface area (Å²) in [4.78, 5) is 11.8. The summed E-state index contributed by atoms with van der Waals surface area (Å²) in [5, 5.41) is 24.7. The number of halogens is 1. The van der Waals surface area contributed by atoms with E-state index in [0.717, 1.165) is 5.56 Å². The Labute approximate surface area is 157 Å². The van der Waals surface area contributed by atoms with Crippen LogP contribution >= 0.6 is 0 Å². The Kier molecular flexibility index (Phi) is 8.23. The fourth-order valence-corrected chi connectivity index (χ4v) is 2.34. The molecule has 0 aliphatic carbocycles. The largest absolute Gasteiger partial charge is 0.489 e. The molecule has 1 amide bonds. The van der Waals surface area contributed by atoms with Crippen molar-refractivity contribution in [2.45, 2.75) is 12.5 Å². The Morgan fingerprint density at radius 3 is 2.67 bits per heavy atom. The second-order valence-corrected chi connectivity index (χ2v) is 5.93. The lowest BCUT2D eigenvalue weighted by Gasteiger charge is -2.14. The number of carbonyl (C=O) groups excluding carboxylic acids is 1. The number of hydrogen-bond donors (Lipinski definition) is 3. The van der Waals surface area contributed by atoms with Crippen molar-refractivity contribution in [1.82, 2.24) is 10.6 Å². The fraction of sp³-hybridized carbons (Fsp3) is 0.300. The molecule has 2 aromatic rings. The van der Waals surface area contributed by atoms with Gasteiger partial charge in [-0.15, -0.1) is 0 Å². The zero-order valence-electron chi connectivity index (χ0n) is 14.8. The Morgan fingerprint density at radius 1 is 1.19 bits per heavy atom. The van der Waals surface area contributed by atoms with Gasteiger partial charge >= 0.3 is 0 Å². The number of nitrogens with one attached hydrogen (secondary N) is 2. The summed E-state index contributed by atoms with van der Waals surface area (Å²) in [6.07, 6.45) is -0.554. The van der Waals surface area contributed by atoms with Crippen LogP contribution in [0.5, 0.6) is 5.75 Å². The van der Waals surface area contributed by atoms with E-state index in [0.29, 0.717) is 30.9 Å². The van der Waals surface area contributed by atoms with Crippen LogP contribution in [0.3, 0.4) is 0 Å². The summed E-state index contributed by atoms with van der Waals surface area (Å²) in [7, 11) is 0. The predicted molar refractivity (Wildman–Crippen MR) is 98.6 cm³/mol. The molecule has 0 fully saturated rings. The maximum Gasteiger partial charge on any atom is 0.224 e. The number of nitrogens with zero attached hydrogens (tertiary/aromatic N) is 1. The molecule has 0 aliphatic heterocycles. The van der Waals surface area contributed by atoms with Crippen molar-refractivity contribution in [1.29, 1.82) is 5.26 Å². The summed E-state index contributed by atoms with van der Waals surface area (Å²) in [6, 6.07) is 14.7. The maximum absolute atomic E-state index is 12.8. The van der Waals surface area contributed by atoms with Gasteiger partial charge in [0.2, 0.25) is 5.91 Å². The number of nitriles is 1. The highest BCUT2D eigenvalue weighted by Crippen LogP contribution is 2.16. The van der Waals surface area contributed by atoms with Crippen LogP contribution in [0.1, 0.15) is 11.1 Å². The number of carbonyl (C=O) groups is 1. The van der Waals surface area contributed by atoms with Gasteiger partial charge in [0.05, 0.1) is 12.0 Å². The average molecular weight is 371 g/mol. The molecule has 0 saturated heterocycles. The van der Waals surface area contributed by atoms with Crippen LogP contribution in [0.15, 0.2) is 48.5 Å². The van der Waals surface area contributed by atoms with Crippen LogP contribution in [0.2, 0.25) is 0 Å². The highest BCUT2D eigenvalue weighted by molar-refractivity contribution is 5.78. The molecule has 0 bridgehead atoms. The van der Waals surface area contributed by atoms with E-state index in [1.807, 2.05) is 6.07 Å². The lowest BCUT2D eigenvalue weighted by molar-refractivity contribution is -0.120. The maximum atomic E-state index is 12.8. The van der Waals surface area contributed by atoms with Gasteiger partial charge in [-0.25, -0.2) is 4.39 Å². The minimum atomic E-state index is -0.744. The molecule has 0 aromatic heterocycles. The zero-order valence-corrected chi connectivity index (χ0v) is 14.8. The van der Waals surface area contributed by atoms with Gasteiger partial charge in [-0.3, -0.25) is 4.79 Å². The van der Waals surface area contributed by atoms with Crippen molar-refractivity contribution in [2.75, 3.05) is 26.2 Å². The molecule has 2 rings (SSSR count). The van der Waals surface area contributed by atoms with Gasteiger partial charge < -0.3 is 20.5 Å². The smallest absolute Gasteiger partial charge is 0.224 e. The first-order valence-corrected chi connectivity index (χ1v) is 8.60. The van der Waals surface area contributed by atoms with Crippen LogP contribution in [-0.4, -0.2) is 43.4 Å². The van der Waals surface area contributed by atoms with Crippen molar-refractivity contribution in [3.8, 4) is 11.8 Å². The van der Waals surface area contributed by atoms with E-state index in [4.69, 9.17) is 10.00 Å². The molecule has 7 heteroatoms. The molecule has 1 atom stereocenters. The van der Waals surface area contributed by atoms with Crippen LogP contribution in [0, 0.1) is 17.1 Å². The minimum Gasteiger partial charge on any atom is -0.489 e. The third-order valence-corrected chi connectivity index (χ3v) is 3.72. The van der Waals surface area contributed by atoms with Crippen LogP contribution < -0.4 is 15.4 Å². The van der Waals surface area contributed by atoms with Gasteiger partial charge in [-0.2, -0.15) is 5.26 Å². The first kappa shape index (κ1) is 20.4. The number of benzene rings is 2. The van der Waals surface area contributed by atoms with Gasteiger partial charge in [0.1, 0.15) is 30.3 Å². The van der Waals surface area contributed by atoms with Gasteiger partial charge in [-0.1, -0.05) is 24.3 Å². The molecule has 0 spiro atoms. The number of aliphatic hydroxyl groups excluding tert-OH is 1. The molecule has 0 saturated carbocycles. The molecule has 142 valence electrons. The molecule has 0 aliphatic rings. The third-order valence-electron chi connectivity index (χ3n) is 3.72. The number of amides is 1. The van der Waals surface area contributed by atoms with Gasteiger partial charge in [0.15, 0.2) is 0 Å². The number of para-hydroxylation sites is 1. The lowest BCUT2D eigenvalue weighted by Crippen LogP contribution is -2.37. The van der Waals surface area contributed by atoms with E-state index in [2.05, 4.69) is 10.6 Å². The quantitative estimate of drug-likeness (QED) is 0.549. The van der Waals surface area contributed by atoms with Gasteiger partial charge in [-0.05, 0) is 29.8 Å². The first-order valence-electron chi connectivity index (χ1n) is 8.60. The summed E-state index contributed by atoms with van der Waals surface area (Å²) in [5.41, 5.74) is 1.16. The zero-order chi connectivity index (χ0) is 19.5. The summed E-state index contributed by atoms with van der Waals surface area (Å²) < 4.78 is 18.3. The van der Waals surface area contributed by atoms with E-state index in [1.54, 1.807) is 36.4 Å². The van der Waals surface area contributed by atoms with E-state index < -0.39 is 6.10 Å². The van der Waals surface area contributed by atoms with Gasteiger partial charge in [0, 0.05) is 19.6 Å². The normalized spacial score (nSPS) is 11.4. The fourth-order valence-electron chi connectivity index (χ4n) is 2.34. The van der Waals surface area contributed by atoms with Crippen LogP contribution in [0.25, 0.3) is 0 Å². The van der Waals surface area contributed by atoms with E-state index in [9.17, 15) is 14.3 Å². The molecule has 0 unspecified atom stereocenters. The second kappa shape index (κ2) is 10.9. The predicted octanol–water partition coefficient (Wildman–Crippen LogP) is 1.39. The van der Waals surface area contributed by atoms with Crippen molar-refractivity contribution in [3.05, 3.63) is 65.5 Å². The number of hydrogen-bond acceptors (Lipinski definition) is 5. The molecule has 0 radical (unpaired) electrons. The SMILES string of the molecule is N#Cc1ccccc1OC[C@@H](O)CNCCNC(=O)Cc1ccc(F)cc1. The van der Waals surface area contributed by atoms with E-state index >= 15 is 0 Å². The van der Waals surface area contributed by atoms with Crippen molar-refractivity contribution >= 4 is 5.91 Å². The number of aliphatic hydroxyl groups is 1. The molecule has 0 heterocycles. The van der Waals surface area contributed by atoms with E-state index in [1.165, 1.54) is 12.1 Å². The summed E-state index contributed by atoms with van der Waals surface area (Å²) in [5.74, 6) is -0.0467. The first-order chi connectivity index (χ1) is 13.1. The highest BCUT2D eigenvalue weighted by atomic mass is 19.1. The number of rotatable bonds is 10. The Bertz CT molecular complexity index is 775. The molecular weight excluding hydrogens is 349 g/mol. The van der Waals surface area contributed by atoms with Crippen LogP contribution in [-0.2, 0) is 11.2 Å². The van der Waals surface area contributed by atoms with Gasteiger partial charge in [0.25, 0.3) is 0 Å². The standard InChI is InChI=1S/C20H22FN3O3/c21-17-7-5-15(6-8-17)11-20(26)24-10-9-23-13-18(25)14-27-19-4-2-1-3-16(19)12-22/h1-8,18,23,25H,9-11,13-14H2,(H,24,26)/t18-/m0/s1. The van der Waals surface area contributed by atoms with Crippen LogP contribution in [0.4, 0.5) is 4.39 Å². The Hall–Kier alpha value is -2.95. The third kappa shape index (κ3) is 7.44. The molecular formula is C20H22FN3O3. The summed E-state index contributed by atoms with van der Waals surface area (Å²) >= 11 is 0.